The normalized spacial score (nSPS) is 17.0. The van der Waals surface area contributed by atoms with Crippen molar-refractivity contribution in [1.82, 2.24) is 10.2 Å². The lowest BCUT2D eigenvalue weighted by Crippen LogP contribution is -2.53. The summed E-state index contributed by atoms with van der Waals surface area (Å²) in [5, 5.41) is 3.03. The Hall–Kier alpha value is -1.88. The Balaban J connectivity index is 1.85. The van der Waals surface area contributed by atoms with E-state index in [1.807, 2.05) is 11.0 Å². The van der Waals surface area contributed by atoms with Crippen LogP contribution in [0.15, 0.2) is 30.3 Å². The molecule has 1 fully saturated rings. The Morgan fingerprint density at radius 1 is 1.14 bits per heavy atom. The number of benzene rings is 1. The third-order valence-corrected chi connectivity index (χ3v) is 6.20. The largest absolute Gasteiger partial charge is 0.344 e. The maximum Gasteiger partial charge on any atom is 0.245 e. The summed E-state index contributed by atoms with van der Waals surface area (Å²) in [5.74, 6) is 0.839. The van der Waals surface area contributed by atoms with E-state index in [1.165, 1.54) is 5.56 Å². The summed E-state index contributed by atoms with van der Waals surface area (Å²) >= 11 is 0. The highest BCUT2D eigenvalue weighted by atomic mass is 16.2. The number of piperidine rings is 1. The van der Waals surface area contributed by atoms with E-state index in [0.717, 1.165) is 58.0 Å². The van der Waals surface area contributed by atoms with Crippen molar-refractivity contribution in [1.29, 1.82) is 0 Å². The second kappa shape index (κ2) is 12.6. The number of carbonyl (C=O) groups excluding carboxylic acids is 2. The summed E-state index contributed by atoms with van der Waals surface area (Å²) in [4.78, 5) is 27.5. The van der Waals surface area contributed by atoms with Crippen molar-refractivity contribution in [2.45, 2.75) is 71.3 Å². The van der Waals surface area contributed by atoms with Crippen LogP contribution in [0.3, 0.4) is 0 Å². The molecule has 0 saturated carbocycles. The average molecular weight is 402 g/mol. The Bertz CT molecular complexity index is 612. The van der Waals surface area contributed by atoms with Gasteiger partial charge in [0.1, 0.15) is 6.04 Å². The lowest BCUT2D eigenvalue weighted by atomic mass is 9.89. The van der Waals surface area contributed by atoms with Crippen LogP contribution in [0, 0.1) is 11.8 Å². The summed E-state index contributed by atoms with van der Waals surface area (Å²) in [5.41, 5.74) is 6.88. The fourth-order valence-electron chi connectivity index (χ4n) is 4.04. The zero-order valence-electron chi connectivity index (χ0n) is 18.2. The first-order valence-electron chi connectivity index (χ1n) is 11.4. The van der Waals surface area contributed by atoms with Crippen LogP contribution in [0.1, 0.15) is 64.4 Å². The maximum atomic E-state index is 13.2. The number of amides is 2. The van der Waals surface area contributed by atoms with Crippen molar-refractivity contribution in [3.8, 4) is 0 Å². The molecule has 2 atom stereocenters. The van der Waals surface area contributed by atoms with E-state index in [2.05, 4.69) is 43.4 Å². The van der Waals surface area contributed by atoms with E-state index >= 15 is 0 Å². The Morgan fingerprint density at radius 2 is 1.83 bits per heavy atom. The van der Waals surface area contributed by atoms with E-state index in [9.17, 15) is 9.59 Å². The van der Waals surface area contributed by atoms with Gasteiger partial charge in [-0.25, -0.2) is 0 Å². The van der Waals surface area contributed by atoms with E-state index in [4.69, 9.17) is 5.73 Å². The van der Waals surface area contributed by atoms with Gasteiger partial charge in [0.05, 0.1) is 0 Å². The van der Waals surface area contributed by atoms with Crippen molar-refractivity contribution < 1.29 is 9.59 Å². The molecule has 29 heavy (non-hydrogen) atoms. The minimum Gasteiger partial charge on any atom is -0.344 e. The molecule has 5 heteroatoms. The molecule has 1 aromatic carbocycles. The maximum absolute atomic E-state index is 13.2. The fraction of sp³-hybridized carbons (Fsp3) is 0.667. The quantitative estimate of drug-likeness (QED) is 0.557. The molecule has 1 aromatic rings. The number of rotatable bonds is 11. The van der Waals surface area contributed by atoms with Gasteiger partial charge in [0.2, 0.25) is 11.8 Å². The van der Waals surface area contributed by atoms with Crippen LogP contribution in [0.2, 0.25) is 0 Å². The Morgan fingerprint density at radius 3 is 2.45 bits per heavy atom. The van der Waals surface area contributed by atoms with Crippen molar-refractivity contribution >= 4 is 11.8 Å². The summed E-state index contributed by atoms with van der Waals surface area (Å²) in [7, 11) is 0. The molecular weight excluding hydrogens is 362 g/mol. The number of nitrogens with zero attached hydrogens (tertiary/aromatic N) is 1. The Kier molecular flexibility index (Phi) is 10.2. The topological polar surface area (TPSA) is 75.4 Å². The van der Waals surface area contributed by atoms with E-state index in [0.29, 0.717) is 18.9 Å². The smallest absolute Gasteiger partial charge is 0.245 e. The zero-order valence-corrected chi connectivity index (χ0v) is 18.2. The van der Waals surface area contributed by atoms with Crippen molar-refractivity contribution in [2.75, 3.05) is 19.6 Å². The summed E-state index contributed by atoms with van der Waals surface area (Å²) < 4.78 is 0. The number of nitrogens with two attached hydrogens (primary N) is 1. The van der Waals surface area contributed by atoms with Crippen LogP contribution >= 0.6 is 0 Å². The van der Waals surface area contributed by atoms with Gasteiger partial charge >= 0.3 is 0 Å². The highest BCUT2D eigenvalue weighted by Gasteiger charge is 2.32. The van der Waals surface area contributed by atoms with E-state index in [1.54, 1.807) is 0 Å². The standard InChI is InChI=1S/C24H39N3O2/c1-3-19(2)23(26-22(28)12-8-5-9-15-25)24(29)27-16-13-21(14-17-27)18-20-10-6-4-7-11-20/h4,6-7,10-11,19,21,23H,3,5,8-9,12-18,25H2,1-2H3,(H,26,28)/t19-,23+/m1/s1. The SMILES string of the molecule is CC[C@@H](C)[C@H](NC(=O)CCCCCN)C(=O)N1CCC(Cc2ccccc2)CC1. The van der Waals surface area contributed by atoms with Gasteiger partial charge in [-0.15, -0.1) is 0 Å². The third-order valence-electron chi connectivity index (χ3n) is 6.20. The predicted molar refractivity (Wildman–Crippen MR) is 118 cm³/mol. The van der Waals surface area contributed by atoms with E-state index in [-0.39, 0.29) is 17.7 Å². The molecule has 1 saturated heterocycles. The number of hydrogen-bond acceptors (Lipinski definition) is 3. The van der Waals surface area contributed by atoms with Gasteiger partial charge in [-0.05, 0) is 56.0 Å². The molecule has 0 unspecified atom stereocenters. The first-order chi connectivity index (χ1) is 14.0. The minimum atomic E-state index is -0.410. The fourth-order valence-corrected chi connectivity index (χ4v) is 4.04. The van der Waals surface area contributed by atoms with Crippen LogP contribution in [-0.2, 0) is 16.0 Å². The van der Waals surface area contributed by atoms with Gasteiger partial charge in [0.25, 0.3) is 0 Å². The van der Waals surface area contributed by atoms with Crippen molar-refractivity contribution in [3.05, 3.63) is 35.9 Å². The Labute approximate surface area is 176 Å². The number of hydrogen-bond donors (Lipinski definition) is 2. The van der Waals surface area contributed by atoms with Crippen LogP contribution in [-0.4, -0.2) is 42.4 Å². The molecule has 0 spiro atoms. The summed E-state index contributed by atoms with van der Waals surface area (Å²) in [6.45, 7) is 6.37. The zero-order chi connectivity index (χ0) is 21.1. The predicted octanol–water partition coefficient (Wildman–Crippen LogP) is 3.52. The molecule has 1 aliphatic rings. The van der Waals surface area contributed by atoms with E-state index < -0.39 is 6.04 Å². The van der Waals surface area contributed by atoms with Gasteiger partial charge in [-0.2, -0.15) is 0 Å². The monoisotopic (exact) mass is 401 g/mol. The third kappa shape index (κ3) is 7.81. The van der Waals surface area contributed by atoms with Gasteiger partial charge in [-0.3, -0.25) is 9.59 Å². The van der Waals surface area contributed by atoms with Crippen LogP contribution < -0.4 is 11.1 Å². The van der Waals surface area contributed by atoms with Gasteiger partial charge in [-0.1, -0.05) is 57.0 Å². The number of nitrogens with one attached hydrogen (secondary N) is 1. The first-order valence-corrected chi connectivity index (χ1v) is 11.4. The average Bonchev–Trinajstić information content (AvgIpc) is 2.75. The molecule has 162 valence electrons. The molecule has 2 rings (SSSR count). The highest BCUT2D eigenvalue weighted by molar-refractivity contribution is 5.88. The lowest BCUT2D eigenvalue weighted by Gasteiger charge is -2.36. The number of likely N-dealkylation sites (tertiary alicyclic amines) is 1. The molecule has 0 aromatic heterocycles. The van der Waals surface area contributed by atoms with Crippen molar-refractivity contribution in [3.63, 3.8) is 0 Å². The van der Waals surface area contributed by atoms with Crippen LogP contribution in [0.5, 0.6) is 0 Å². The van der Waals surface area contributed by atoms with Crippen LogP contribution in [0.4, 0.5) is 0 Å². The second-order valence-electron chi connectivity index (χ2n) is 8.49. The molecule has 1 aliphatic heterocycles. The number of unbranched alkanes of at least 4 members (excludes halogenated alkanes) is 2. The highest BCUT2D eigenvalue weighted by Crippen LogP contribution is 2.23. The van der Waals surface area contributed by atoms with Crippen molar-refractivity contribution in [2.24, 2.45) is 17.6 Å². The molecule has 1 heterocycles. The minimum absolute atomic E-state index is 0.0142. The summed E-state index contributed by atoms with van der Waals surface area (Å²) in [6.07, 6.45) is 7.21. The molecule has 3 N–H and O–H groups in total. The second-order valence-corrected chi connectivity index (χ2v) is 8.49. The molecule has 0 bridgehead atoms. The molecule has 0 aliphatic carbocycles. The van der Waals surface area contributed by atoms with Gasteiger partial charge < -0.3 is 16.0 Å². The number of carbonyl (C=O) groups is 2. The molecule has 2 amide bonds. The van der Waals surface area contributed by atoms with Gasteiger partial charge in [0, 0.05) is 19.5 Å². The molecule has 5 nitrogen and oxygen atoms in total. The first kappa shape index (κ1) is 23.4. The van der Waals surface area contributed by atoms with Crippen LogP contribution in [0.25, 0.3) is 0 Å². The molecule has 0 radical (unpaired) electrons. The lowest BCUT2D eigenvalue weighted by molar-refractivity contribution is -0.139. The van der Waals surface area contributed by atoms with Gasteiger partial charge in [0.15, 0.2) is 0 Å². The molecular formula is C24H39N3O2. The summed E-state index contributed by atoms with van der Waals surface area (Å²) in [6, 6.07) is 10.2.